The molecule has 4 aromatic heterocycles. The number of benzene rings is 8. The van der Waals surface area contributed by atoms with Gasteiger partial charge in [0.05, 0.1) is 38.8 Å². The Morgan fingerprint density at radius 1 is 0.380 bits per heavy atom. The summed E-state index contributed by atoms with van der Waals surface area (Å²) in [6.07, 6.45) is 0. The number of para-hydroxylation sites is 2. The van der Waals surface area contributed by atoms with Crippen molar-refractivity contribution in [2.24, 2.45) is 0 Å². The molecule has 0 saturated heterocycles. The monoisotopic (exact) mass is 634 g/mol. The van der Waals surface area contributed by atoms with Crippen molar-refractivity contribution in [3.8, 4) is 17.2 Å². The second kappa shape index (κ2) is 9.43. The summed E-state index contributed by atoms with van der Waals surface area (Å²) in [6.45, 7) is 0. The zero-order valence-electron chi connectivity index (χ0n) is 26.8. The first kappa shape index (κ1) is 26.2. The van der Waals surface area contributed by atoms with E-state index in [1.165, 1.54) is 59.6 Å². The van der Waals surface area contributed by atoms with Crippen molar-refractivity contribution in [1.82, 2.24) is 18.9 Å². The Morgan fingerprint density at radius 2 is 1.00 bits per heavy atom. The molecule has 50 heavy (non-hydrogen) atoms. The van der Waals surface area contributed by atoms with E-state index in [0.717, 1.165) is 44.0 Å². The number of hydrogen-bond donors (Lipinski definition) is 0. The molecule has 0 amide bonds. The summed E-state index contributed by atoms with van der Waals surface area (Å²) in [5.74, 6) is 0.671. The molecule has 230 valence electrons. The van der Waals surface area contributed by atoms with Crippen LogP contribution in [0.3, 0.4) is 0 Å². The van der Waals surface area contributed by atoms with E-state index in [4.69, 9.17) is 9.97 Å². The smallest absolute Gasteiger partial charge is 0.235 e. The molecular formula is C46H26N4. The Balaban J connectivity index is 1.30. The molecular weight excluding hydrogens is 609 g/mol. The molecule has 0 bridgehead atoms. The molecule has 0 fully saturated rings. The average Bonchev–Trinajstić information content (AvgIpc) is 3.66. The third-order valence-corrected chi connectivity index (χ3v) is 10.8. The molecule has 0 spiro atoms. The average molecular weight is 635 g/mol. The predicted octanol–water partition coefficient (Wildman–Crippen LogP) is 11.9. The second-order valence-electron chi connectivity index (χ2n) is 13.4. The Labute approximate surface area is 285 Å². The summed E-state index contributed by atoms with van der Waals surface area (Å²) in [6, 6.07) is 57.0. The van der Waals surface area contributed by atoms with E-state index in [9.17, 15) is 0 Å². The third-order valence-electron chi connectivity index (χ3n) is 10.8. The van der Waals surface area contributed by atoms with Gasteiger partial charge in [-0.1, -0.05) is 121 Å². The van der Waals surface area contributed by atoms with E-state index in [-0.39, 0.29) is 0 Å². The molecule has 4 heteroatoms. The lowest BCUT2D eigenvalue weighted by Gasteiger charge is -2.14. The van der Waals surface area contributed by atoms with Crippen LogP contribution >= 0.6 is 0 Å². The lowest BCUT2D eigenvalue weighted by Crippen LogP contribution is -2.04. The highest BCUT2D eigenvalue weighted by Crippen LogP contribution is 2.45. The maximum atomic E-state index is 5.51. The van der Waals surface area contributed by atoms with Crippen LogP contribution in [0.25, 0.3) is 110 Å². The summed E-state index contributed by atoms with van der Waals surface area (Å²) >= 11 is 0. The number of rotatable bonds is 2. The fraction of sp³-hybridized carbons (Fsp3) is 0. The van der Waals surface area contributed by atoms with Gasteiger partial charge in [0.2, 0.25) is 5.95 Å². The van der Waals surface area contributed by atoms with E-state index in [0.29, 0.717) is 5.95 Å². The van der Waals surface area contributed by atoms with E-state index in [1.807, 2.05) is 0 Å². The number of nitrogens with zero attached hydrogens (tertiary/aromatic N) is 4. The third kappa shape index (κ3) is 3.30. The van der Waals surface area contributed by atoms with Gasteiger partial charge >= 0.3 is 0 Å². The predicted molar refractivity (Wildman–Crippen MR) is 209 cm³/mol. The lowest BCUT2D eigenvalue weighted by molar-refractivity contribution is 1.02. The largest absolute Gasteiger partial charge is 0.308 e. The van der Waals surface area contributed by atoms with E-state index in [1.54, 1.807) is 0 Å². The molecule has 0 radical (unpaired) electrons. The Bertz CT molecular complexity index is 3380. The Kier molecular flexibility index (Phi) is 4.94. The van der Waals surface area contributed by atoms with Crippen molar-refractivity contribution in [2.45, 2.75) is 0 Å². The van der Waals surface area contributed by atoms with Gasteiger partial charge in [0.1, 0.15) is 0 Å². The van der Waals surface area contributed by atoms with E-state index in [2.05, 4.69) is 167 Å². The number of aromatic nitrogens is 4. The highest BCUT2D eigenvalue weighted by molar-refractivity contribution is 6.33. The van der Waals surface area contributed by atoms with Crippen LogP contribution in [0.4, 0.5) is 0 Å². The van der Waals surface area contributed by atoms with Crippen LogP contribution in [-0.2, 0) is 0 Å². The van der Waals surface area contributed by atoms with Gasteiger partial charge in [-0.05, 0) is 57.9 Å². The summed E-state index contributed by atoms with van der Waals surface area (Å²) < 4.78 is 4.77. The van der Waals surface area contributed by atoms with Gasteiger partial charge in [-0.3, -0.25) is 4.57 Å². The van der Waals surface area contributed by atoms with Gasteiger partial charge in [0.25, 0.3) is 0 Å². The molecule has 0 aliphatic rings. The summed E-state index contributed by atoms with van der Waals surface area (Å²) in [5.41, 5.74) is 8.80. The van der Waals surface area contributed by atoms with Crippen molar-refractivity contribution in [3.63, 3.8) is 0 Å². The van der Waals surface area contributed by atoms with Crippen molar-refractivity contribution in [3.05, 3.63) is 158 Å². The SMILES string of the molecule is c1ccc2cc(-c3nc(-n4c5cccc6c7ccccc7n7c8ccccc8c8ccc4c(c65)c87)nc4c3ccc3ccccc34)ccc2c1. The Hall–Kier alpha value is -6.78. The lowest BCUT2D eigenvalue weighted by atomic mass is 10.00. The number of fused-ring (bicyclic) bond motifs is 10. The summed E-state index contributed by atoms with van der Waals surface area (Å²) in [5, 5.41) is 13.1. The molecule has 8 aromatic carbocycles. The maximum Gasteiger partial charge on any atom is 0.235 e. The van der Waals surface area contributed by atoms with Gasteiger partial charge in [-0.15, -0.1) is 0 Å². The first-order chi connectivity index (χ1) is 24.8. The van der Waals surface area contributed by atoms with Crippen LogP contribution in [0.5, 0.6) is 0 Å². The summed E-state index contributed by atoms with van der Waals surface area (Å²) in [7, 11) is 0. The van der Waals surface area contributed by atoms with Crippen LogP contribution in [0, 0.1) is 0 Å². The van der Waals surface area contributed by atoms with Crippen molar-refractivity contribution in [2.75, 3.05) is 0 Å². The molecule has 4 nitrogen and oxygen atoms in total. The molecule has 0 aliphatic carbocycles. The zero-order chi connectivity index (χ0) is 32.5. The second-order valence-corrected chi connectivity index (χ2v) is 13.4. The fourth-order valence-corrected chi connectivity index (χ4v) is 8.69. The molecule has 12 rings (SSSR count). The maximum absolute atomic E-state index is 5.51. The number of hydrogen-bond acceptors (Lipinski definition) is 2. The van der Waals surface area contributed by atoms with Gasteiger partial charge < -0.3 is 4.40 Å². The van der Waals surface area contributed by atoms with Crippen LogP contribution < -0.4 is 0 Å². The van der Waals surface area contributed by atoms with Gasteiger partial charge in [-0.2, -0.15) is 0 Å². The normalized spacial score (nSPS) is 12.4. The van der Waals surface area contributed by atoms with Crippen molar-refractivity contribution >= 4 is 92.3 Å². The standard InChI is InChI=1S/C46H26N4/c1-2-12-29-26-30(21-20-27(29)10-1)43-36-23-22-28-11-3-4-13-31(28)44(36)48-46(47-43)50-39-19-9-16-34-32-14-5-7-17-37(32)49-38-18-8-6-15-33(38)35-24-25-40(50)42(41(34)39)45(35)49/h1-26H. The molecule has 12 aromatic rings. The molecule has 0 saturated carbocycles. The van der Waals surface area contributed by atoms with Crippen LogP contribution in [0.1, 0.15) is 0 Å². The highest BCUT2D eigenvalue weighted by Gasteiger charge is 2.24. The van der Waals surface area contributed by atoms with Gasteiger partial charge in [0, 0.05) is 43.3 Å². The van der Waals surface area contributed by atoms with Crippen LogP contribution in [0.15, 0.2) is 158 Å². The molecule has 0 N–H and O–H groups in total. The van der Waals surface area contributed by atoms with Crippen molar-refractivity contribution < 1.29 is 0 Å². The topological polar surface area (TPSA) is 35.1 Å². The first-order valence-corrected chi connectivity index (χ1v) is 17.1. The minimum absolute atomic E-state index is 0.671. The fourth-order valence-electron chi connectivity index (χ4n) is 8.69. The minimum Gasteiger partial charge on any atom is -0.308 e. The quantitative estimate of drug-likeness (QED) is 0.177. The van der Waals surface area contributed by atoms with Crippen molar-refractivity contribution in [1.29, 1.82) is 0 Å². The molecule has 4 heterocycles. The summed E-state index contributed by atoms with van der Waals surface area (Å²) in [4.78, 5) is 11.0. The van der Waals surface area contributed by atoms with E-state index >= 15 is 0 Å². The molecule has 0 aliphatic heterocycles. The molecule has 0 unspecified atom stereocenters. The highest BCUT2D eigenvalue weighted by atomic mass is 15.2. The zero-order valence-corrected chi connectivity index (χ0v) is 26.8. The Morgan fingerprint density at radius 3 is 1.84 bits per heavy atom. The first-order valence-electron chi connectivity index (χ1n) is 17.1. The van der Waals surface area contributed by atoms with Crippen LogP contribution in [0.2, 0.25) is 0 Å². The molecule has 0 atom stereocenters. The van der Waals surface area contributed by atoms with Crippen LogP contribution in [-0.4, -0.2) is 18.9 Å². The minimum atomic E-state index is 0.671. The van der Waals surface area contributed by atoms with Gasteiger partial charge in [-0.25, -0.2) is 9.97 Å². The van der Waals surface area contributed by atoms with E-state index < -0.39 is 0 Å². The van der Waals surface area contributed by atoms with Gasteiger partial charge in [0.15, 0.2) is 0 Å².